The molecular weight excluding hydrogens is 486 g/mol. The third-order valence-corrected chi connectivity index (χ3v) is 8.18. The van der Waals surface area contributed by atoms with Crippen LogP contribution in [0.1, 0.15) is 70.1 Å². The van der Waals surface area contributed by atoms with E-state index in [1.807, 2.05) is 43.3 Å². The van der Waals surface area contributed by atoms with Gasteiger partial charge in [-0.1, -0.05) is 75.6 Å². The van der Waals surface area contributed by atoms with Gasteiger partial charge in [0.2, 0.25) is 21.8 Å². The number of anilines is 1. The van der Waals surface area contributed by atoms with Crippen LogP contribution in [0.2, 0.25) is 0 Å². The Morgan fingerprint density at radius 2 is 1.57 bits per heavy atom. The zero-order valence-corrected chi connectivity index (χ0v) is 23.8. The molecule has 2 amide bonds. The first-order valence-electron chi connectivity index (χ1n) is 13.0. The van der Waals surface area contributed by atoms with Crippen molar-refractivity contribution in [1.29, 1.82) is 0 Å². The van der Waals surface area contributed by atoms with E-state index in [-0.39, 0.29) is 30.5 Å². The maximum absolute atomic E-state index is 13.7. The Morgan fingerprint density at radius 3 is 2.08 bits per heavy atom. The van der Waals surface area contributed by atoms with Crippen molar-refractivity contribution < 1.29 is 18.0 Å². The molecule has 3 rings (SSSR count). The minimum atomic E-state index is -3.75. The van der Waals surface area contributed by atoms with Crippen molar-refractivity contribution in [2.45, 2.75) is 84.3 Å². The van der Waals surface area contributed by atoms with Gasteiger partial charge >= 0.3 is 0 Å². The predicted molar refractivity (Wildman–Crippen MR) is 149 cm³/mol. The summed E-state index contributed by atoms with van der Waals surface area (Å²) in [6.45, 7) is 9.76. The summed E-state index contributed by atoms with van der Waals surface area (Å²) < 4.78 is 26.7. The second kappa shape index (κ2) is 11.7. The van der Waals surface area contributed by atoms with Crippen molar-refractivity contribution >= 4 is 27.5 Å². The van der Waals surface area contributed by atoms with Gasteiger partial charge in [0.25, 0.3) is 0 Å². The molecule has 2 aromatic carbocycles. The summed E-state index contributed by atoms with van der Waals surface area (Å²) in [5.41, 5.74) is 3.36. The normalized spacial score (nSPS) is 15.3. The molecule has 0 radical (unpaired) electrons. The Balaban J connectivity index is 1.87. The van der Waals surface area contributed by atoms with Crippen LogP contribution in [-0.2, 0) is 31.6 Å². The molecule has 1 saturated carbocycles. The monoisotopic (exact) mass is 527 g/mol. The lowest BCUT2D eigenvalue weighted by atomic mass is 9.87. The number of nitrogens with one attached hydrogen (secondary N) is 1. The van der Waals surface area contributed by atoms with Gasteiger partial charge in [-0.3, -0.25) is 13.9 Å². The molecule has 37 heavy (non-hydrogen) atoms. The minimum Gasteiger partial charge on any atom is -0.352 e. The van der Waals surface area contributed by atoms with E-state index in [1.165, 1.54) is 4.90 Å². The van der Waals surface area contributed by atoms with E-state index < -0.39 is 22.0 Å². The summed E-state index contributed by atoms with van der Waals surface area (Å²) in [6.07, 6.45) is 5.15. The van der Waals surface area contributed by atoms with Crippen molar-refractivity contribution in [2.24, 2.45) is 0 Å². The first-order valence-corrected chi connectivity index (χ1v) is 14.8. The topological polar surface area (TPSA) is 86.8 Å². The zero-order valence-electron chi connectivity index (χ0n) is 23.0. The first kappa shape index (κ1) is 28.7. The summed E-state index contributed by atoms with van der Waals surface area (Å²) in [5.74, 6) is -0.646. The van der Waals surface area contributed by atoms with E-state index in [0.29, 0.717) is 5.69 Å². The summed E-state index contributed by atoms with van der Waals surface area (Å²) in [5, 5.41) is 3.08. The van der Waals surface area contributed by atoms with Gasteiger partial charge in [-0.15, -0.1) is 0 Å². The number of benzene rings is 2. The Labute approximate surface area is 222 Å². The van der Waals surface area contributed by atoms with Gasteiger partial charge < -0.3 is 10.2 Å². The molecule has 0 aliphatic heterocycles. The summed E-state index contributed by atoms with van der Waals surface area (Å²) in [6, 6.07) is 14.4. The summed E-state index contributed by atoms with van der Waals surface area (Å²) in [7, 11) is -3.75. The van der Waals surface area contributed by atoms with E-state index in [2.05, 4.69) is 26.1 Å². The number of sulfonamides is 1. The van der Waals surface area contributed by atoms with Crippen LogP contribution in [0.4, 0.5) is 5.69 Å². The smallest absolute Gasteiger partial charge is 0.244 e. The fourth-order valence-corrected chi connectivity index (χ4v) is 5.46. The van der Waals surface area contributed by atoms with E-state index in [4.69, 9.17) is 0 Å². The molecule has 1 aliphatic carbocycles. The Hall–Kier alpha value is -2.87. The van der Waals surface area contributed by atoms with Crippen LogP contribution >= 0.6 is 0 Å². The number of amides is 2. The number of aryl methyl sites for hydroxylation is 1. The van der Waals surface area contributed by atoms with Crippen LogP contribution in [0.5, 0.6) is 0 Å². The third kappa shape index (κ3) is 7.81. The second-order valence-electron chi connectivity index (χ2n) is 11.2. The molecule has 202 valence electrons. The highest BCUT2D eigenvalue weighted by atomic mass is 32.2. The quantitative estimate of drug-likeness (QED) is 0.519. The van der Waals surface area contributed by atoms with Crippen LogP contribution < -0.4 is 9.62 Å². The number of carbonyl (C=O) groups is 2. The molecule has 0 bridgehead atoms. The summed E-state index contributed by atoms with van der Waals surface area (Å²) in [4.78, 5) is 28.3. The standard InChI is InChI=1S/C29H41N3O4S/c1-21-11-13-23(14-12-21)19-31(22(2)28(34)30-25-9-7-8-10-25)27(33)20-32(37(6,35)36)26-17-15-24(16-18-26)29(3,4)5/h11-18,22,25H,7-10,19-20H2,1-6H3,(H,30,34)/t22-/m1/s1. The number of rotatable bonds is 9. The van der Waals surface area contributed by atoms with Crippen LogP contribution in [0.15, 0.2) is 48.5 Å². The molecule has 0 aromatic heterocycles. The lowest BCUT2D eigenvalue weighted by Crippen LogP contribution is -2.52. The van der Waals surface area contributed by atoms with E-state index in [9.17, 15) is 18.0 Å². The third-order valence-electron chi connectivity index (χ3n) is 7.04. The van der Waals surface area contributed by atoms with E-state index >= 15 is 0 Å². The average Bonchev–Trinajstić information content (AvgIpc) is 3.33. The molecule has 0 heterocycles. The molecule has 2 aromatic rings. The molecule has 1 fully saturated rings. The molecule has 0 spiro atoms. The number of carbonyl (C=O) groups excluding carboxylic acids is 2. The maximum Gasteiger partial charge on any atom is 0.244 e. The first-order chi connectivity index (χ1) is 17.3. The van der Waals surface area contributed by atoms with Crippen molar-refractivity contribution in [1.82, 2.24) is 10.2 Å². The van der Waals surface area contributed by atoms with Crippen molar-refractivity contribution in [3.8, 4) is 0 Å². The number of hydrogen-bond acceptors (Lipinski definition) is 4. The fraction of sp³-hybridized carbons (Fsp3) is 0.517. The molecule has 1 atom stereocenters. The van der Waals surface area contributed by atoms with E-state index in [0.717, 1.165) is 52.9 Å². The van der Waals surface area contributed by atoms with Crippen LogP contribution in [0, 0.1) is 6.92 Å². The Morgan fingerprint density at radius 1 is 1.00 bits per heavy atom. The molecule has 1 aliphatic rings. The van der Waals surface area contributed by atoms with Crippen molar-refractivity contribution in [2.75, 3.05) is 17.1 Å². The molecular formula is C29H41N3O4S. The molecule has 7 nitrogen and oxygen atoms in total. The molecule has 0 saturated heterocycles. The van der Waals surface area contributed by atoms with Crippen LogP contribution in [-0.4, -0.2) is 50.0 Å². The van der Waals surface area contributed by atoms with E-state index in [1.54, 1.807) is 19.1 Å². The van der Waals surface area contributed by atoms with Crippen molar-refractivity contribution in [3.05, 3.63) is 65.2 Å². The lowest BCUT2D eigenvalue weighted by Gasteiger charge is -2.32. The van der Waals surface area contributed by atoms with Gasteiger partial charge in [0.15, 0.2) is 0 Å². The lowest BCUT2D eigenvalue weighted by molar-refractivity contribution is -0.139. The summed E-state index contributed by atoms with van der Waals surface area (Å²) >= 11 is 0. The van der Waals surface area contributed by atoms with Gasteiger partial charge in [-0.25, -0.2) is 8.42 Å². The fourth-order valence-electron chi connectivity index (χ4n) is 4.61. The highest BCUT2D eigenvalue weighted by molar-refractivity contribution is 7.92. The zero-order chi connectivity index (χ0) is 27.4. The van der Waals surface area contributed by atoms with Gasteiger partial charge in [0.05, 0.1) is 11.9 Å². The average molecular weight is 528 g/mol. The molecule has 8 heteroatoms. The molecule has 1 N–H and O–H groups in total. The van der Waals surface area contributed by atoms with Gasteiger partial charge in [0, 0.05) is 12.6 Å². The largest absolute Gasteiger partial charge is 0.352 e. The highest BCUT2D eigenvalue weighted by Crippen LogP contribution is 2.26. The highest BCUT2D eigenvalue weighted by Gasteiger charge is 2.31. The Kier molecular flexibility index (Phi) is 9.05. The predicted octanol–water partition coefficient (Wildman–Crippen LogP) is 4.53. The van der Waals surface area contributed by atoms with Gasteiger partial charge in [-0.2, -0.15) is 0 Å². The number of nitrogens with zero attached hydrogens (tertiary/aromatic N) is 2. The molecule has 0 unspecified atom stereocenters. The SMILES string of the molecule is Cc1ccc(CN(C(=O)CN(c2ccc(C(C)(C)C)cc2)S(C)(=O)=O)[C@H](C)C(=O)NC2CCCC2)cc1. The van der Waals surface area contributed by atoms with Gasteiger partial charge in [-0.05, 0) is 55.4 Å². The van der Waals surface area contributed by atoms with Gasteiger partial charge in [0.1, 0.15) is 12.6 Å². The maximum atomic E-state index is 13.7. The van der Waals surface area contributed by atoms with Crippen molar-refractivity contribution in [3.63, 3.8) is 0 Å². The second-order valence-corrected chi connectivity index (χ2v) is 13.1. The van der Waals surface area contributed by atoms with Crippen LogP contribution in [0.25, 0.3) is 0 Å². The minimum absolute atomic E-state index is 0.0861. The Bertz CT molecular complexity index is 1180. The number of hydrogen-bond donors (Lipinski definition) is 1. The van der Waals surface area contributed by atoms with Crippen LogP contribution in [0.3, 0.4) is 0 Å².